The number of rotatable bonds is 1. The largest absolute Gasteiger partial charge is 0.478 e. The van der Waals surface area contributed by atoms with Crippen molar-refractivity contribution in [3.8, 4) is 11.8 Å². The highest BCUT2D eigenvalue weighted by Gasteiger charge is 2.09. The van der Waals surface area contributed by atoms with Crippen LogP contribution in [-0.2, 0) is 0 Å². The number of aromatic carboxylic acids is 1. The minimum absolute atomic E-state index is 0.0334. The van der Waals surface area contributed by atoms with Gasteiger partial charge in [0.15, 0.2) is 0 Å². The summed E-state index contributed by atoms with van der Waals surface area (Å²) >= 11 is 9.47. The van der Waals surface area contributed by atoms with E-state index in [1.165, 1.54) is 12.3 Å². The van der Waals surface area contributed by atoms with Gasteiger partial charge in [-0.3, -0.25) is 0 Å². The lowest BCUT2D eigenvalue weighted by molar-refractivity contribution is 0.0696. The van der Waals surface area contributed by atoms with Crippen LogP contribution in [0, 0.1) is 11.8 Å². The quantitative estimate of drug-likeness (QED) is 0.436. The van der Waals surface area contributed by atoms with E-state index in [9.17, 15) is 4.79 Å². The summed E-state index contributed by atoms with van der Waals surface area (Å²) < 4.78 is 0. The summed E-state index contributed by atoms with van der Waals surface area (Å²) in [6.07, 6.45) is 1.42. The first-order valence-electron chi connectivity index (χ1n) is 3.63. The summed E-state index contributed by atoms with van der Waals surface area (Å²) in [5, 5.41) is 8.69. The van der Waals surface area contributed by atoms with Crippen LogP contribution in [0.25, 0.3) is 0 Å². The van der Waals surface area contributed by atoms with E-state index >= 15 is 0 Å². The van der Waals surface area contributed by atoms with Crippen molar-refractivity contribution in [1.82, 2.24) is 4.98 Å². The molecule has 3 nitrogen and oxygen atoms in total. The summed E-state index contributed by atoms with van der Waals surface area (Å²) in [5.74, 6) is 4.69. The third-order valence-corrected chi connectivity index (χ3v) is 1.84. The van der Waals surface area contributed by atoms with E-state index in [-0.39, 0.29) is 10.7 Å². The predicted octanol–water partition coefficient (Wildman–Crippen LogP) is 1.71. The Hall–Kier alpha value is -1.18. The van der Waals surface area contributed by atoms with E-state index in [1.54, 1.807) is 0 Å². The summed E-state index contributed by atoms with van der Waals surface area (Å²) in [4.78, 5) is 14.4. The number of halogens is 1. The molecule has 1 aromatic rings. The molecule has 0 aromatic carbocycles. The molecule has 1 heterocycles. The number of hydrogen-bond acceptors (Lipinski definition) is 3. The number of carboxylic acid groups (broad SMARTS) is 1. The Morgan fingerprint density at radius 1 is 1.71 bits per heavy atom. The van der Waals surface area contributed by atoms with Gasteiger partial charge in [-0.1, -0.05) is 23.4 Å². The molecule has 0 spiro atoms. The van der Waals surface area contributed by atoms with E-state index in [0.29, 0.717) is 11.3 Å². The molecular formula is C9H6ClNO2S. The zero-order chi connectivity index (χ0) is 10.6. The number of thiol groups is 1. The third kappa shape index (κ3) is 2.66. The fourth-order valence-electron chi connectivity index (χ4n) is 0.808. The van der Waals surface area contributed by atoms with E-state index in [4.69, 9.17) is 16.7 Å². The first-order chi connectivity index (χ1) is 6.65. The fraction of sp³-hybridized carbons (Fsp3) is 0.111. The minimum atomic E-state index is -1.11. The monoisotopic (exact) mass is 227 g/mol. The van der Waals surface area contributed by atoms with Gasteiger partial charge in [-0.05, 0) is 6.07 Å². The minimum Gasteiger partial charge on any atom is -0.478 e. The van der Waals surface area contributed by atoms with E-state index in [2.05, 4.69) is 29.5 Å². The molecule has 14 heavy (non-hydrogen) atoms. The second-order valence-electron chi connectivity index (χ2n) is 2.33. The molecule has 0 amide bonds. The molecule has 0 aliphatic carbocycles. The highest BCUT2D eigenvalue weighted by molar-refractivity contribution is 7.80. The van der Waals surface area contributed by atoms with E-state index in [1.807, 2.05) is 0 Å². The Balaban J connectivity index is 3.13. The van der Waals surface area contributed by atoms with Crippen molar-refractivity contribution < 1.29 is 9.90 Å². The molecule has 1 aromatic heterocycles. The molecule has 1 rings (SSSR count). The first-order valence-corrected chi connectivity index (χ1v) is 4.64. The number of nitrogens with zero attached hydrogens (tertiary/aromatic N) is 1. The summed E-state index contributed by atoms with van der Waals surface area (Å²) in [7, 11) is 0. The van der Waals surface area contributed by atoms with Gasteiger partial charge in [0.25, 0.3) is 0 Å². The summed E-state index contributed by atoms with van der Waals surface area (Å²) in [6.45, 7) is 0. The van der Waals surface area contributed by atoms with Crippen molar-refractivity contribution in [1.29, 1.82) is 0 Å². The lowest BCUT2D eigenvalue weighted by Gasteiger charge is -1.97. The van der Waals surface area contributed by atoms with Crippen molar-refractivity contribution in [2.75, 3.05) is 5.75 Å². The van der Waals surface area contributed by atoms with Crippen LogP contribution in [-0.4, -0.2) is 21.8 Å². The second-order valence-corrected chi connectivity index (χ2v) is 3.00. The standard InChI is InChI=1S/C9H6ClNO2S/c10-8-7(9(12)13)4-6(5-11-8)2-1-3-14/h4-5,14H,3H2,(H,12,13). The lowest BCUT2D eigenvalue weighted by Crippen LogP contribution is -1.99. The molecule has 0 atom stereocenters. The molecule has 0 fully saturated rings. The van der Waals surface area contributed by atoms with Gasteiger partial charge in [0, 0.05) is 11.8 Å². The number of carboxylic acids is 1. The Bertz CT molecular complexity index is 423. The molecule has 0 bridgehead atoms. The maximum atomic E-state index is 10.7. The molecule has 72 valence electrons. The second kappa shape index (κ2) is 4.89. The average molecular weight is 228 g/mol. The Labute approximate surface area is 91.5 Å². The van der Waals surface area contributed by atoms with Crippen LogP contribution in [0.4, 0.5) is 0 Å². The van der Waals surface area contributed by atoms with Crippen LogP contribution in [0.1, 0.15) is 15.9 Å². The smallest absolute Gasteiger partial charge is 0.338 e. The van der Waals surface area contributed by atoms with Gasteiger partial charge >= 0.3 is 5.97 Å². The van der Waals surface area contributed by atoms with E-state index < -0.39 is 5.97 Å². The van der Waals surface area contributed by atoms with Crippen molar-refractivity contribution in [2.24, 2.45) is 0 Å². The zero-order valence-electron chi connectivity index (χ0n) is 6.99. The molecule has 0 radical (unpaired) electrons. The van der Waals surface area contributed by atoms with Crippen molar-refractivity contribution in [2.45, 2.75) is 0 Å². The van der Waals surface area contributed by atoms with Crippen LogP contribution in [0.3, 0.4) is 0 Å². The predicted molar refractivity (Wildman–Crippen MR) is 56.9 cm³/mol. The average Bonchev–Trinajstić information content (AvgIpc) is 2.16. The van der Waals surface area contributed by atoms with Gasteiger partial charge in [-0.15, -0.1) is 0 Å². The molecule has 1 N–H and O–H groups in total. The van der Waals surface area contributed by atoms with Crippen molar-refractivity contribution in [3.05, 3.63) is 28.5 Å². The maximum absolute atomic E-state index is 10.7. The van der Waals surface area contributed by atoms with Crippen molar-refractivity contribution >= 4 is 30.2 Å². The molecular weight excluding hydrogens is 222 g/mol. The normalized spacial score (nSPS) is 9.00. The van der Waals surface area contributed by atoms with Crippen LogP contribution >= 0.6 is 24.2 Å². The lowest BCUT2D eigenvalue weighted by atomic mass is 10.2. The number of pyridine rings is 1. The molecule has 0 saturated carbocycles. The van der Waals surface area contributed by atoms with Gasteiger partial charge in [0.05, 0.1) is 11.3 Å². The van der Waals surface area contributed by atoms with E-state index in [0.717, 1.165) is 0 Å². The van der Waals surface area contributed by atoms with Gasteiger partial charge < -0.3 is 5.11 Å². The van der Waals surface area contributed by atoms with Gasteiger partial charge in [-0.25, -0.2) is 9.78 Å². The topological polar surface area (TPSA) is 50.2 Å². The highest BCUT2D eigenvalue weighted by Crippen LogP contribution is 2.13. The Morgan fingerprint density at radius 2 is 2.43 bits per heavy atom. The maximum Gasteiger partial charge on any atom is 0.338 e. The summed E-state index contributed by atoms with van der Waals surface area (Å²) in [6, 6.07) is 1.38. The Morgan fingerprint density at radius 3 is 3.00 bits per heavy atom. The number of hydrogen-bond donors (Lipinski definition) is 2. The van der Waals surface area contributed by atoms with Gasteiger partial charge in [-0.2, -0.15) is 12.6 Å². The van der Waals surface area contributed by atoms with Gasteiger partial charge in [0.2, 0.25) is 0 Å². The number of aromatic nitrogens is 1. The molecule has 0 saturated heterocycles. The SMILES string of the molecule is O=C(O)c1cc(C#CCS)cnc1Cl. The fourth-order valence-corrected chi connectivity index (χ4v) is 1.07. The zero-order valence-corrected chi connectivity index (χ0v) is 8.64. The molecule has 0 aliphatic heterocycles. The molecule has 5 heteroatoms. The first kappa shape index (κ1) is 10.9. The highest BCUT2D eigenvalue weighted by atomic mass is 35.5. The van der Waals surface area contributed by atoms with Crippen LogP contribution < -0.4 is 0 Å². The van der Waals surface area contributed by atoms with Gasteiger partial charge in [0.1, 0.15) is 5.15 Å². The summed E-state index contributed by atoms with van der Waals surface area (Å²) in [5.41, 5.74) is 0.471. The van der Waals surface area contributed by atoms with Crippen LogP contribution in [0.2, 0.25) is 5.15 Å². The molecule has 0 aliphatic rings. The van der Waals surface area contributed by atoms with Crippen LogP contribution in [0.15, 0.2) is 12.3 Å². The Kier molecular flexibility index (Phi) is 3.81. The van der Waals surface area contributed by atoms with Crippen molar-refractivity contribution in [3.63, 3.8) is 0 Å². The number of carbonyl (C=O) groups is 1. The third-order valence-electron chi connectivity index (χ3n) is 1.38. The van der Waals surface area contributed by atoms with Crippen LogP contribution in [0.5, 0.6) is 0 Å². The molecule has 0 unspecified atom stereocenters.